The summed E-state index contributed by atoms with van der Waals surface area (Å²) in [6.45, 7) is 6.25. The summed E-state index contributed by atoms with van der Waals surface area (Å²) in [5, 5.41) is 10.6. The summed E-state index contributed by atoms with van der Waals surface area (Å²) in [6.07, 6.45) is 0. The molecule has 0 spiro atoms. The lowest BCUT2D eigenvalue weighted by Crippen LogP contribution is -1.99. The van der Waals surface area contributed by atoms with Gasteiger partial charge in [-0.3, -0.25) is 0 Å². The highest BCUT2D eigenvalue weighted by atomic mass is 79.9. The van der Waals surface area contributed by atoms with Crippen molar-refractivity contribution >= 4 is 81.9 Å². The lowest BCUT2D eigenvalue weighted by atomic mass is 10.1. The summed E-state index contributed by atoms with van der Waals surface area (Å²) in [7, 11) is 0. The Morgan fingerprint density at radius 1 is 0.424 bits per heavy atom. The van der Waals surface area contributed by atoms with Gasteiger partial charge in [0.2, 0.25) is 0 Å². The highest BCUT2D eigenvalue weighted by molar-refractivity contribution is 9.11. The molecule has 3 N–H and O–H groups in total. The second kappa shape index (κ2) is 10.3. The van der Waals surface area contributed by atoms with Gasteiger partial charge in [-0.05, 0) is 140 Å². The van der Waals surface area contributed by atoms with E-state index in [0.717, 1.165) is 47.5 Å². The zero-order valence-corrected chi connectivity index (χ0v) is 23.3. The molecule has 4 aromatic carbocycles. The van der Waals surface area contributed by atoms with Crippen LogP contribution in [0.5, 0.6) is 0 Å². The minimum absolute atomic E-state index is 0.971. The molecule has 3 nitrogen and oxygen atoms in total. The summed E-state index contributed by atoms with van der Waals surface area (Å²) in [6, 6.07) is 25.2. The van der Waals surface area contributed by atoms with Crippen LogP contribution >= 0.6 is 47.8 Å². The molecule has 0 aliphatic heterocycles. The Morgan fingerprint density at radius 2 is 0.697 bits per heavy atom. The minimum Gasteiger partial charge on any atom is -0.354 e. The van der Waals surface area contributed by atoms with Crippen LogP contribution in [0, 0.1) is 20.8 Å². The summed E-state index contributed by atoms with van der Waals surface area (Å²) in [5.74, 6) is 0. The second-order valence-electron chi connectivity index (χ2n) is 8.12. The predicted molar refractivity (Wildman–Crippen MR) is 153 cm³/mol. The van der Waals surface area contributed by atoms with Crippen LogP contribution in [0.4, 0.5) is 34.1 Å². The van der Waals surface area contributed by atoms with Gasteiger partial charge in [-0.25, -0.2) is 0 Å². The number of rotatable bonds is 6. The molecule has 0 atom stereocenters. The smallest absolute Gasteiger partial charge is 0.0528 e. The molecule has 0 radical (unpaired) electrons. The van der Waals surface area contributed by atoms with Crippen molar-refractivity contribution in [2.75, 3.05) is 16.0 Å². The fraction of sp³-hybridized carbons (Fsp3) is 0.111. The van der Waals surface area contributed by atoms with Gasteiger partial charge in [0.1, 0.15) is 0 Å². The van der Waals surface area contributed by atoms with Crippen molar-refractivity contribution in [2.24, 2.45) is 0 Å². The third-order valence-corrected chi connectivity index (χ3v) is 7.11. The average molecular weight is 630 g/mol. The maximum absolute atomic E-state index is 3.68. The number of halogens is 3. The second-order valence-corrected chi connectivity index (χ2v) is 10.7. The van der Waals surface area contributed by atoms with Crippen LogP contribution in [0.1, 0.15) is 16.7 Å². The standard InChI is InChI=1S/C27H24Br3N3/c1-16-4-7-25(22(28)10-16)31-19-13-20(32-26-8-5-17(2)11-23(26)29)15-21(14-19)33-27-9-6-18(3)12-24(27)30/h4-15,31-33H,1-3H3. The molecule has 0 saturated heterocycles. The van der Waals surface area contributed by atoms with Gasteiger partial charge in [0, 0.05) is 30.5 Å². The van der Waals surface area contributed by atoms with Crippen LogP contribution < -0.4 is 16.0 Å². The SMILES string of the molecule is Cc1ccc(Nc2cc(Nc3ccc(C)cc3Br)cc(Nc3ccc(C)cc3Br)c2)c(Br)c1. The van der Waals surface area contributed by atoms with E-state index in [-0.39, 0.29) is 0 Å². The molecule has 0 heterocycles. The van der Waals surface area contributed by atoms with E-state index in [1.54, 1.807) is 0 Å². The lowest BCUT2D eigenvalue weighted by Gasteiger charge is -2.17. The van der Waals surface area contributed by atoms with Crippen LogP contribution in [0.25, 0.3) is 0 Å². The highest BCUT2D eigenvalue weighted by Gasteiger charge is 2.08. The van der Waals surface area contributed by atoms with E-state index in [0.29, 0.717) is 0 Å². The first-order valence-corrected chi connectivity index (χ1v) is 12.9. The van der Waals surface area contributed by atoms with Gasteiger partial charge < -0.3 is 16.0 Å². The summed E-state index contributed by atoms with van der Waals surface area (Å²) in [5.41, 5.74) is 9.57. The number of anilines is 6. The maximum atomic E-state index is 3.68. The first-order chi connectivity index (χ1) is 15.8. The summed E-state index contributed by atoms with van der Waals surface area (Å²) in [4.78, 5) is 0. The van der Waals surface area contributed by atoms with Gasteiger partial charge in [-0.15, -0.1) is 0 Å². The quantitative estimate of drug-likeness (QED) is 0.199. The van der Waals surface area contributed by atoms with Crippen molar-refractivity contribution in [1.29, 1.82) is 0 Å². The van der Waals surface area contributed by atoms with Gasteiger partial charge in [-0.2, -0.15) is 0 Å². The topological polar surface area (TPSA) is 36.1 Å². The number of hydrogen-bond acceptors (Lipinski definition) is 3. The van der Waals surface area contributed by atoms with E-state index < -0.39 is 0 Å². The Balaban J connectivity index is 1.71. The highest BCUT2D eigenvalue weighted by Crippen LogP contribution is 2.35. The van der Waals surface area contributed by atoms with E-state index in [2.05, 4.69) is 157 Å². The third kappa shape index (κ3) is 6.19. The average Bonchev–Trinajstić information content (AvgIpc) is 2.74. The molecule has 6 heteroatoms. The molecular formula is C27H24Br3N3. The molecule has 0 aromatic heterocycles. The lowest BCUT2D eigenvalue weighted by molar-refractivity contribution is 1.41. The Hall–Kier alpha value is -2.28. The van der Waals surface area contributed by atoms with Crippen LogP contribution in [-0.4, -0.2) is 0 Å². The number of aryl methyl sites for hydroxylation is 3. The van der Waals surface area contributed by atoms with Gasteiger partial charge >= 0.3 is 0 Å². The van der Waals surface area contributed by atoms with Crippen molar-refractivity contribution in [2.45, 2.75) is 20.8 Å². The van der Waals surface area contributed by atoms with Crippen LogP contribution in [0.15, 0.2) is 86.2 Å². The van der Waals surface area contributed by atoms with E-state index in [1.165, 1.54) is 16.7 Å². The van der Waals surface area contributed by atoms with Crippen molar-refractivity contribution in [3.05, 3.63) is 103 Å². The summed E-state index contributed by atoms with van der Waals surface area (Å²) >= 11 is 11.0. The zero-order valence-electron chi connectivity index (χ0n) is 18.6. The molecule has 33 heavy (non-hydrogen) atoms. The first kappa shape index (κ1) is 23.9. The normalized spacial score (nSPS) is 10.7. The molecule has 0 amide bonds. The molecule has 0 unspecified atom stereocenters. The Bertz CT molecular complexity index is 1150. The number of nitrogens with one attached hydrogen (secondary N) is 3. The Morgan fingerprint density at radius 3 is 0.939 bits per heavy atom. The largest absolute Gasteiger partial charge is 0.354 e. The molecule has 0 aliphatic carbocycles. The maximum Gasteiger partial charge on any atom is 0.0528 e. The molecule has 168 valence electrons. The van der Waals surface area contributed by atoms with Crippen molar-refractivity contribution in [3.63, 3.8) is 0 Å². The number of hydrogen-bond donors (Lipinski definition) is 3. The molecule has 0 aliphatic rings. The molecule has 0 bridgehead atoms. The van der Waals surface area contributed by atoms with Crippen molar-refractivity contribution < 1.29 is 0 Å². The third-order valence-electron chi connectivity index (χ3n) is 5.14. The fourth-order valence-electron chi connectivity index (χ4n) is 3.48. The van der Waals surface area contributed by atoms with Crippen molar-refractivity contribution in [3.8, 4) is 0 Å². The van der Waals surface area contributed by atoms with Crippen LogP contribution in [-0.2, 0) is 0 Å². The first-order valence-electron chi connectivity index (χ1n) is 10.5. The van der Waals surface area contributed by atoms with Crippen LogP contribution in [0.3, 0.4) is 0 Å². The zero-order chi connectivity index (χ0) is 23.5. The van der Waals surface area contributed by atoms with Gasteiger partial charge in [0.15, 0.2) is 0 Å². The van der Waals surface area contributed by atoms with Gasteiger partial charge in [0.25, 0.3) is 0 Å². The van der Waals surface area contributed by atoms with E-state index in [1.807, 2.05) is 0 Å². The molecule has 0 saturated carbocycles. The Labute approximate surface area is 220 Å². The van der Waals surface area contributed by atoms with Gasteiger partial charge in [-0.1, -0.05) is 18.2 Å². The summed E-state index contributed by atoms with van der Waals surface area (Å²) < 4.78 is 3.08. The van der Waals surface area contributed by atoms with E-state index in [4.69, 9.17) is 0 Å². The van der Waals surface area contributed by atoms with Gasteiger partial charge in [0.05, 0.1) is 17.1 Å². The van der Waals surface area contributed by atoms with E-state index in [9.17, 15) is 0 Å². The Kier molecular flexibility index (Phi) is 7.47. The van der Waals surface area contributed by atoms with Crippen molar-refractivity contribution in [1.82, 2.24) is 0 Å². The molecular weight excluding hydrogens is 606 g/mol. The fourth-order valence-corrected chi connectivity index (χ4v) is 5.25. The minimum atomic E-state index is 0.971. The van der Waals surface area contributed by atoms with Crippen LogP contribution in [0.2, 0.25) is 0 Å². The number of benzene rings is 4. The molecule has 0 fully saturated rings. The molecule has 4 aromatic rings. The predicted octanol–water partition coefficient (Wildman–Crippen LogP) is 10.1. The van der Waals surface area contributed by atoms with E-state index >= 15 is 0 Å². The molecule has 4 rings (SSSR count). The monoisotopic (exact) mass is 627 g/mol.